The molecule has 1 aromatic rings. The van der Waals surface area contributed by atoms with Gasteiger partial charge in [0, 0.05) is 7.11 Å². The van der Waals surface area contributed by atoms with Crippen LogP contribution >= 0.6 is 0 Å². The molecule has 0 fully saturated rings. The molecule has 1 atom stereocenters. The van der Waals surface area contributed by atoms with E-state index < -0.39 is 12.1 Å². The molecule has 0 aliphatic carbocycles. The second kappa shape index (κ2) is 4.53. The maximum atomic E-state index is 10.5. The molecule has 1 N–H and O–H groups in total. The Kier molecular flexibility index (Phi) is 3.36. The van der Waals surface area contributed by atoms with Crippen LogP contribution in [0, 0.1) is 0 Å². The maximum absolute atomic E-state index is 10.5. The molecule has 1 aromatic carbocycles. The number of ether oxygens (including phenoxy) is 1. The number of hydrogen-bond acceptors (Lipinski definition) is 3. The van der Waals surface area contributed by atoms with Crippen LogP contribution in [-0.2, 0) is 9.53 Å². The Balaban J connectivity index is 2.92. The van der Waals surface area contributed by atoms with Crippen LogP contribution in [-0.4, -0.2) is 24.5 Å². The van der Waals surface area contributed by atoms with Crippen molar-refractivity contribution >= 4 is 12.3 Å². The highest BCUT2D eigenvalue weighted by atomic mass is 16.5. The van der Waals surface area contributed by atoms with Gasteiger partial charge >= 0.3 is 5.97 Å². The topological polar surface area (TPSA) is 63.6 Å². The van der Waals surface area contributed by atoms with Crippen molar-refractivity contribution in [2.45, 2.75) is 6.10 Å². The first-order chi connectivity index (χ1) is 6.69. The zero-order valence-electron chi connectivity index (χ0n) is 7.64. The summed E-state index contributed by atoms with van der Waals surface area (Å²) in [4.78, 5) is 21.0. The zero-order valence-corrected chi connectivity index (χ0v) is 7.64. The highest BCUT2D eigenvalue weighted by molar-refractivity contribution is 5.87. The van der Waals surface area contributed by atoms with Crippen LogP contribution in [0.25, 0.3) is 0 Å². The quantitative estimate of drug-likeness (QED) is 0.733. The molecule has 0 amide bonds. The van der Waals surface area contributed by atoms with Crippen molar-refractivity contribution < 1.29 is 19.4 Å². The molecule has 4 nitrogen and oxygen atoms in total. The summed E-state index contributed by atoms with van der Waals surface area (Å²) < 4.78 is 4.87. The summed E-state index contributed by atoms with van der Waals surface area (Å²) in [5, 5.41) is 8.63. The van der Waals surface area contributed by atoms with Crippen molar-refractivity contribution in [1.82, 2.24) is 0 Å². The van der Waals surface area contributed by atoms with Crippen molar-refractivity contribution in [1.29, 1.82) is 0 Å². The van der Waals surface area contributed by atoms with Crippen LogP contribution in [0.4, 0.5) is 0 Å². The fraction of sp³-hybridized carbons (Fsp3) is 0.200. The molecule has 0 bridgehead atoms. The number of aromatic carboxylic acids is 1. The minimum absolute atomic E-state index is 0.189. The lowest BCUT2D eigenvalue weighted by molar-refractivity contribution is -0.116. The third-order valence-corrected chi connectivity index (χ3v) is 1.86. The number of hydrogen-bond donors (Lipinski definition) is 1. The van der Waals surface area contributed by atoms with E-state index in [-0.39, 0.29) is 5.56 Å². The van der Waals surface area contributed by atoms with Gasteiger partial charge in [0.25, 0.3) is 0 Å². The third-order valence-electron chi connectivity index (χ3n) is 1.86. The van der Waals surface area contributed by atoms with Crippen LogP contribution in [0.1, 0.15) is 22.0 Å². The maximum Gasteiger partial charge on any atom is 0.335 e. The molecule has 0 heterocycles. The summed E-state index contributed by atoms with van der Waals surface area (Å²) in [6.07, 6.45) is 0.0355. The van der Waals surface area contributed by atoms with Crippen LogP contribution in [0.5, 0.6) is 0 Å². The highest BCUT2D eigenvalue weighted by Gasteiger charge is 2.09. The Hall–Kier alpha value is -1.68. The first-order valence-electron chi connectivity index (χ1n) is 4.00. The number of rotatable bonds is 4. The molecule has 1 rings (SSSR count). The number of carboxylic acid groups (broad SMARTS) is 1. The minimum Gasteiger partial charge on any atom is -0.478 e. The fourth-order valence-corrected chi connectivity index (χ4v) is 1.09. The molecule has 0 saturated carbocycles. The van der Waals surface area contributed by atoms with Gasteiger partial charge in [-0.15, -0.1) is 0 Å². The lowest BCUT2D eigenvalue weighted by Crippen LogP contribution is -2.03. The number of aldehydes is 1. The predicted molar refractivity (Wildman–Crippen MR) is 49.2 cm³/mol. The van der Waals surface area contributed by atoms with Gasteiger partial charge in [0.2, 0.25) is 0 Å². The van der Waals surface area contributed by atoms with Crippen molar-refractivity contribution in [2.24, 2.45) is 0 Å². The Bertz CT molecular complexity index is 328. The molecular weight excluding hydrogens is 184 g/mol. The smallest absolute Gasteiger partial charge is 0.335 e. The van der Waals surface area contributed by atoms with Crippen molar-refractivity contribution in [3.8, 4) is 0 Å². The van der Waals surface area contributed by atoms with E-state index in [1.54, 1.807) is 12.1 Å². The van der Waals surface area contributed by atoms with Gasteiger partial charge in [-0.3, -0.25) is 0 Å². The fourth-order valence-electron chi connectivity index (χ4n) is 1.09. The van der Waals surface area contributed by atoms with E-state index in [1.807, 2.05) is 0 Å². The van der Waals surface area contributed by atoms with E-state index in [0.717, 1.165) is 0 Å². The van der Waals surface area contributed by atoms with Gasteiger partial charge in [-0.05, 0) is 17.7 Å². The van der Waals surface area contributed by atoms with Gasteiger partial charge in [-0.25, -0.2) is 4.79 Å². The summed E-state index contributed by atoms with van der Waals surface area (Å²) in [5.74, 6) is -0.989. The molecule has 4 heteroatoms. The predicted octanol–water partition coefficient (Wildman–Crippen LogP) is 1.27. The van der Waals surface area contributed by atoms with Crippen molar-refractivity contribution in [3.63, 3.8) is 0 Å². The highest BCUT2D eigenvalue weighted by Crippen LogP contribution is 2.14. The lowest BCUT2D eigenvalue weighted by atomic mass is 10.1. The summed E-state index contributed by atoms with van der Waals surface area (Å²) in [6, 6.07) is 6.00. The van der Waals surface area contributed by atoms with Crippen LogP contribution < -0.4 is 0 Å². The third kappa shape index (κ3) is 2.17. The lowest BCUT2D eigenvalue weighted by Gasteiger charge is -2.07. The van der Waals surface area contributed by atoms with Gasteiger partial charge in [-0.2, -0.15) is 0 Å². The number of carboxylic acids is 1. The van der Waals surface area contributed by atoms with E-state index in [2.05, 4.69) is 0 Å². The van der Waals surface area contributed by atoms with Gasteiger partial charge in [-0.1, -0.05) is 12.1 Å². The Morgan fingerprint density at radius 2 is 2.00 bits per heavy atom. The first kappa shape index (κ1) is 10.4. The Morgan fingerprint density at radius 3 is 2.36 bits per heavy atom. The van der Waals surface area contributed by atoms with Crippen LogP contribution in [0.2, 0.25) is 0 Å². The van der Waals surface area contributed by atoms with Gasteiger partial charge in [0.1, 0.15) is 6.10 Å². The molecule has 1 unspecified atom stereocenters. The molecular formula is C10H10O4. The monoisotopic (exact) mass is 194 g/mol. The largest absolute Gasteiger partial charge is 0.478 e. The molecule has 74 valence electrons. The molecule has 0 radical (unpaired) electrons. The SMILES string of the molecule is COC(C=O)c1ccc(C(=O)O)cc1. The van der Waals surface area contributed by atoms with Crippen LogP contribution in [0.3, 0.4) is 0 Å². The second-order valence-corrected chi connectivity index (χ2v) is 2.72. The second-order valence-electron chi connectivity index (χ2n) is 2.72. The normalized spacial score (nSPS) is 12.1. The minimum atomic E-state index is -0.989. The number of methoxy groups -OCH3 is 1. The molecule has 0 saturated heterocycles. The zero-order chi connectivity index (χ0) is 10.6. The molecule has 0 aromatic heterocycles. The summed E-state index contributed by atoms with van der Waals surface area (Å²) in [6.45, 7) is 0. The molecule has 0 spiro atoms. The first-order valence-corrected chi connectivity index (χ1v) is 4.00. The Morgan fingerprint density at radius 1 is 1.43 bits per heavy atom. The summed E-state index contributed by atoms with van der Waals surface area (Å²) in [5.41, 5.74) is 0.835. The van der Waals surface area contributed by atoms with Crippen molar-refractivity contribution in [2.75, 3.05) is 7.11 Å². The molecule has 0 aliphatic rings. The van der Waals surface area contributed by atoms with E-state index in [0.29, 0.717) is 11.8 Å². The van der Waals surface area contributed by atoms with Crippen molar-refractivity contribution in [3.05, 3.63) is 35.4 Å². The average molecular weight is 194 g/mol. The number of carbonyl (C=O) groups excluding carboxylic acids is 1. The summed E-state index contributed by atoms with van der Waals surface area (Å²) in [7, 11) is 1.42. The van der Waals surface area contributed by atoms with E-state index >= 15 is 0 Å². The number of carbonyl (C=O) groups is 2. The molecule has 14 heavy (non-hydrogen) atoms. The number of benzene rings is 1. The standard InChI is InChI=1S/C10H10O4/c1-14-9(6-11)7-2-4-8(5-3-7)10(12)13/h2-6,9H,1H3,(H,12,13). The molecule has 0 aliphatic heterocycles. The van der Waals surface area contributed by atoms with E-state index in [1.165, 1.54) is 19.2 Å². The van der Waals surface area contributed by atoms with Crippen LogP contribution in [0.15, 0.2) is 24.3 Å². The van der Waals surface area contributed by atoms with Gasteiger partial charge < -0.3 is 14.6 Å². The Labute approximate surface area is 81.1 Å². The van der Waals surface area contributed by atoms with Gasteiger partial charge in [0.05, 0.1) is 5.56 Å². The van der Waals surface area contributed by atoms with E-state index in [9.17, 15) is 9.59 Å². The summed E-state index contributed by atoms with van der Waals surface area (Å²) >= 11 is 0. The average Bonchev–Trinajstić information content (AvgIpc) is 2.20. The van der Waals surface area contributed by atoms with Gasteiger partial charge in [0.15, 0.2) is 6.29 Å². The van der Waals surface area contributed by atoms with E-state index in [4.69, 9.17) is 9.84 Å².